The molecule has 2 rings (SSSR count). The van der Waals surface area contributed by atoms with E-state index < -0.39 is 0 Å². The van der Waals surface area contributed by atoms with Crippen LogP contribution >= 0.6 is 0 Å². The van der Waals surface area contributed by atoms with E-state index in [9.17, 15) is 4.79 Å². The maximum absolute atomic E-state index is 11.4. The van der Waals surface area contributed by atoms with Crippen LogP contribution in [0.3, 0.4) is 0 Å². The van der Waals surface area contributed by atoms with Gasteiger partial charge in [-0.1, -0.05) is 12.1 Å². The molecule has 5 nitrogen and oxygen atoms in total. The van der Waals surface area contributed by atoms with Crippen LogP contribution in [0.4, 0.5) is 0 Å². The fourth-order valence-electron chi connectivity index (χ4n) is 1.70. The van der Waals surface area contributed by atoms with E-state index in [0.29, 0.717) is 19.7 Å². The average Bonchev–Trinajstić information content (AvgIpc) is 2.46. The van der Waals surface area contributed by atoms with Crippen LogP contribution in [-0.2, 0) is 13.1 Å². The van der Waals surface area contributed by atoms with Gasteiger partial charge in [-0.25, -0.2) is 9.78 Å². The highest BCUT2D eigenvalue weighted by Crippen LogP contribution is 2.11. The number of ether oxygens (including phenoxy) is 1. The summed E-state index contributed by atoms with van der Waals surface area (Å²) in [5.41, 5.74) is 6.37. The van der Waals surface area contributed by atoms with Gasteiger partial charge in [0.2, 0.25) is 0 Å². The van der Waals surface area contributed by atoms with Crippen molar-refractivity contribution in [2.75, 3.05) is 6.61 Å². The molecule has 0 aliphatic rings. The third-order valence-corrected chi connectivity index (χ3v) is 2.75. The standard InChI is InChI=1S/C14H17N3O2/c15-11-12-3-5-13(6-4-12)19-10-2-9-17-8-1-7-16-14(17)18/h1,3-8H,2,9-11,15H2. The minimum atomic E-state index is -0.227. The van der Waals surface area contributed by atoms with Crippen molar-refractivity contribution in [2.24, 2.45) is 5.73 Å². The lowest BCUT2D eigenvalue weighted by molar-refractivity contribution is 0.300. The highest BCUT2D eigenvalue weighted by molar-refractivity contribution is 5.26. The third-order valence-electron chi connectivity index (χ3n) is 2.75. The van der Waals surface area contributed by atoms with Gasteiger partial charge in [-0.15, -0.1) is 0 Å². The molecule has 1 aromatic carbocycles. The number of rotatable bonds is 6. The summed E-state index contributed by atoms with van der Waals surface area (Å²) in [5.74, 6) is 0.815. The topological polar surface area (TPSA) is 70.1 Å². The maximum atomic E-state index is 11.4. The number of benzene rings is 1. The minimum Gasteiger partial charge on any atom is -0.494 e. The van der Waals surface area contributed by atoms with Gasteiger partial charge in [-0.3, -0.25) is 4.57 Å². The number of nitrogens with zero attached hydrogens (tertiary/aromatic N) is 2. The summed E-state index contributed by atoms with van der Waals surface area (Å²) in [6.07, 6.45) is 3.98. The molecule has 19 heavy (non-hydrogen) atoms. The van der Waals surface area contributed by atoms with Crippen molar-refractivity contribution in [1.29, 1.82) is 0 Å². The van der Waals surface area contributed by atoms with Crippen LogP contribution in [0.2, 0.25) is 0 Å². The van der Waals surface area contributed by atoms with Crippen molar-refractivity contribution in [2.45, 2.75) is 19.5 Å². The van der Waals surface area contributed by atoms with Gasteiger partial charge >= 0.3 is 5.69 Å². The Kier molecular flexibility index (Phi) is 4.69. The van der Waals surface area contributed by atoms with Gasteiger partial charge in [-0.2, -0.15) is 0 Å². The summed E-state index contributed by atoms with van der Waals surface area (Å²) >= 11 is 0. The smallest absolute Gasteiger partial charge is 0.347 e. The molecule has 100 valence electrons. The van der Waals surface area contributed by atoms with E-state index in [1.165, 1.54) is 6.20 Å². The Bertz CT molecular complexity index is 563. The van der Waals surface area contributed by atoms with E-state index in [0.717, 1.165) is 17.7 Å². The predicted molar refractivity (Wildman–Crippen MR) is 72.9 cm³/mol. The first-order chi connectivity index (χ1) is 9.29. The van der Waals surface area contributed by atoms with Crippen LogP contribution in [0.25, 0.3) is 0 Å². The van der Waals surface area contributed by atoms with Gasteiger partial charge in [-0.05, 0) is 30.2 Å². The van der Waals surface area contributed by atoms with Gasteiger partial charge in [0.05, 0.1) is 6.61 Å². The molecular formula is C14H17N3O2. The lowest BCUT2D eigenvalue weighted by Gasteiger charge is -2.07. The fraction of sp³-hybridized carbons (Fsp3) is 0.286. The molecular weight excluding hydrogens is 242 g/mol. The summed E-state index contributed by atoms with van der Waals surface area (Å²) in [6, 6.07) is 9.44. The van der Waals surface area contributed by atoms with Crippen molar-refractivity contribution in [3.8, 4) is 5.75 Å². The first-order valence-corrected chi connectivity index (χ1v) is 6.23. The van der Waals surface area contributed by atoms with E-state index in [1.807, 2.05) is 24.3 Å². The molecule has 0 fully saturated rings. The first kappa shape index (κ1) is 13.3. The third kappa shape index (κ3) is 3.93. The molecule has 0 atom stereocenters. The van der Waals surface area contributed by atoms with Crippen molar-refractivity contribution in [1.82, 2.24) is 9.55 Å². The van der Waals surface area contributed by atoms with Crippen LogP contribution in [0.15, 0.2) is 47.5 Å². The van der Waals surface area contributed by atoms with Gasteiger partial charge in [0.25, 0.3) is 0 Å². The second kappa shape index (κ2) is 6.70. The maximum Gasteiger partial charge on any atom is 0.347 e. The molecule has 0 saturated heterocycles. The van der Waals surface area contributed by atoms with E-state index >= 15 is 0 Å². The second-order valence-corrected chi connectivity index (χ2v) is 4.15. The molecule has 1 heterocycles. The Morgan fingerprint density at radius 1 is 1.26 bits per heavy atom. The Labute approximate surface area is 111 Å². The summed E-state index contributed by atoms with van der Waals surface area (Å²) in [4.78, 5) is 15.0. The van der Waals surface area contributed by atoms with E-state index in [1.54, 1.807) is 16.8 Å². The summed E-state index contributed by atoms with van der Waals surface area (Å²) < 4.78 is 7.16. The Morgan fingerprint density at radius 3 is 2.74 bits per heavy atom. The molecule has 0 saturated carbocycles. The fourth-order valence-corrected chi connectivity index (χ4v) is 1.70. The summed E-state index contributed by atoms with van der Waals surface area (Å²) in [5, 5.41) is 0. The molecule has 0 bridgehead atoms. The monoisotopic (exact) mass is 259 g/mol. The molecule has 5 heteroatoms. The molecule has 2 aromatic rings. The number of nitrogens with two attached hydrogens (primary N) is 1. The van der Waals surface area contributed by atoms with Crippen LogP contribution in [0.1, 0.15) is 12.0 Å². The Hall–Kier alpha value is -2.14. The molecule has 0 amide bonds. The normalized spacial score (nSPS) is 10.4. The largest absolute Gasteiger partial charge is 0.494 e. The lowest BCUT2D eigenvalue weighted by Crippen LogP contribution is -2.22. The van der Waals surface area contributed by atoms with Crippen molar-refractivity contribution in [3.63, 3.8) is 0 Å². The van der Waals surface area contributed by atoms with Gasteiger partial charge in [0.15, 0.2) is 0 Å². The number of aryl methyl sites for hydroxylation is 1. The van der Waals surface area contributed by atoms with Crippen molar-refractivity contribution in [3.05, 3.63) is 58.8 Å². The van der Waals surface area contributed by atoms with Crippen molar-refractivity contribution >= 4 is 0 Å². The van der Waals surface area contributed by atoms with Crippen LogP contribution in [-0.4, -0.2) is 16.2 Å². The molecule has 0 aliphatic carbocycles. The highest BCUT2D eigenvalue weighted by atomic mass is 16.5. The zero-order chi connectivity index (χ0) is 13.5. The zero-order valence-electron chi connectivity index (χ0n) is 10.7. The van der Waals surface area contributed by atoms with Crippen LogP contribution in [0.5, 0.6) is 5.75 Å². The molecule has 0 spiro atoms. The van der Waals surface area contributed by atoms with E-state index in [4.69, 9.17) is 10.5 Å². The zero-order valence-corrected chi connectivity index (χ0v) is 10.7. The SMILES string of the molecule is NCc1ccc(OCCCn2cccnc2=O)cc1. The summed E-state index contributed by atoms with van der Waals surface area (Å²) in [7, 11) is 0. The van der Waals surface area contributed by atoms with Gasteiger partial charge in [0, 0.05) is 25.5 Å². The molecule has 0 unspecified atom stereocenters. The second-order valence-electron chi connectivity index (χ2n) is 4.15. The van der Waals surface area contributed by atoms with Gasteiger partial charge in [0.1, 0.15) is 5.75 Å². The minimum absolute atomic E-state index is 0.227. The molecule has 1 aromatic heterocycles. The molecule has 2 N–H and O–H groups in total. The Balaban J connectivity index is 1.77. The number of hydrogen-bond donors (Lipinski definition) is 1. The lowest BCUT2D eigenvalue weighted by atomic mass is 10.2. The quantitative estimate of drug-likeness (QED) is 0.791. The number of aromatic nitrogens is 2. The van der Waals surface area contributed by atoms with E-state index in [2.05, 4.69) is 4.98 Å². The summed E-state index contributed by atoms with van der Waals surface area (Å²) in [6.45, 7) is 1.70. The average molecular weight is 259 g/mol. The Morgan fingerprint density at radius 2 is 2.05 bits per heavy atom. The first-order valence-electron chi connectivity index (χ1n) is 6.23. The van der Waals surface area contributed by atoms with E-state index in [-0.39, 0.29) is 5.69 Å². The number of hydrogen-bond acceptors (Lipinski definition) is 4. The predicted octanol–water partition coefficient (Wildman–Crippen LogP) is 1.17. The molecule has 0 radical (unpaired) electrons. The van der Waals surface area contributed by atoms with Gasteiger partial charge < -0.3 is 10.5 Å². The van der Waals surface area contributed by atoms with Crippen molar-refractivity contribution < 1.29 is 4.74 Å². The van der Waals surface area contributed by atoms with Crippen LogP contribution in [0, 0.1) is 0 Å². The van der Waals surface area contributed by atoms with Crippen LogP contribution < -0.4 is 16.2 Å². The highest BCUT2D eigenvalue weighted by Gasteiger charge is 1.97. The molecule has 0 aliphatic heterocycles.